The van der Waals surface area contributed by atoms with Crippen LogP contribution in [0.2, 0.25) is 0 Å². The Balaban J connectivity index is 2.45. The van der Waals surface area contributed by atoms with E-state index < -0.39 is 0 Å². The quantitative estimate of drug-likeness (QED) is 0.778. The molecule has 2 heterocycles. The zero-order valence-electron chi connectivity index (χ0n) is 14.1. The SMILES string of the molecule is C=C/C=C(C)\C(=C/C)Cn1cc(-c2c(C)noc2C)ccc1=O. The molecule has 0 saturated heterocycles. The monoisotopic (exact) mass is 310 g/mol. The van der Waals surface area contributed by atoms with Crippen LogP contribution in [0.25, 0.3) is 11.1 Å². The van der Waals surface area contributed by atoms with Gasteiger partial charge in [0.2, 0.25) is 0 Å². The maximum atomic E-state index is 12.2. The second-order valence-electron chi connectivity index (χ2n) is 5.48. The molecule has 0 aromatic carbocycles. The Kier molecular flexibility index (Phi) is 5.16. The van der Waals surface area contributed by atoms with Gasteiger partial charge in [-0.2, -0.15) is 0 Å². The van der Waals surface area contributed by atoms with Crippen LogP contribution in [-0.4, -0.2) is 9.72 Å². The molecule has 4 nitrogen and oxygen atoms in total. The van der Waals surface area contributed by atoms with Gasteiger partial charge in [0.25, 0.3) is 5.56 Å². The second kappa shape index (κ2) is 7.09. The van der Waals surface area contributed by atoms with Crippen molar-refractivity contribution in [2.45, 2.75) is 34.2 Å². The third kappa shape index (κ3) is 3.59. The van der Waals surface area contributed by atoms with Crippen molar-refractivity contribution in [1.29, 1.82) is 0 Å². The van der Waals surface area contributed by atoms with Crippen LogP contribution in [0.15, 0.2) is 63.6 Å². The van der Waals surface area contributed by atoms with E-state index in [2.05, 4.69) is 11.7 Å². The van der Waals surface area contributed by atoms with Gasteiger partial charge in [0.1, 0.15) is 5.76 Å². The lowest BCUT2D eigenvalue weighted by molar-refractivity contribution is 0.393. The Bertz CT molecular complexity index is 816. The topological polar surface area (TPSA) is 48.0 Å². The number of nitrogens with zero attached hydrogens (tertiary/aromatic N) is 2. The Hall–Kier alpha value is -2.62. The van der Waals surface area contributed by atoms with E-state index in [9.17, 15) is 4.79 Å². The van der Waals surface area contributed by atoms with Gasteiger partial charge in [0.15, 0.2) is 0 Å². The molecule has 0 saturated carbocycles. The number of hydrogen-bond donors (Lipinski definition) is 0. The molecule has 0 spiro atoms. The molecule has 120 valence electrons. The summed E-state index contributed by atoms with van der Waals surface area (Å²) in [6.45, 7) is 12.0. The maximum Gasteiger partial charge on any atom is 0.250 e. The van der Waals surface area contributed by atoms with Crippen molar-refractivity contribution < 1.29 is 4.52 Å². The Morgan fingerprint density at radius 2 is 2.13 bits per heavy atom. The Morgan fingerprint density at radius 1 is 1.39 bits per heavy atom. The van der Waals surface area contributed by atoms with Crippen molar-refractivity contribution in [2.75, 3.05) is 0 Å². The summed E-state index contributed by atoms with van der Waals surface area (Å²) in [6.07, 6.45) is 7.57. The van der Waals surface area contributed by atoms with E-state index in [0.717, 1.165) is 33.7 Å². The molecule has 2 aromatic rings. The highest BCUT2D eigenvalue weighted by Gasteiger charge is 2.13. The highest BCUT2D eigenvalue weighted by molar-refractivity contribution is 5.66. The Labute approximate surface area is 136 Å². The Morgan fingerprint density at radius 3 is 2.70 bits per heavy atom. The first-order valence-corrected chi connectivity index (χ1v) is 7.56. The molecule has 0 radical (unpaired) electrons. The first-order chi connectivity index (χ1) is 11.0. The van der Waals surface area contributed by atoms with Crippen LogP contribution in [0, 0.1) is 13.8 Å². The minimum absolute atomic E-state index is 0.0359. The summed E-state index contributed by atoms with van der Waals surface area (Å²) in [5, 5.41) is 3.98. The van der Waals surface area contributed by atoms with Crippen molar-refractivity contribution in [1.82, 2.24) is 9.72 Å². The van der Waals surface area contributed by atoms with E-state index in [1.165, 1.54) is 0 Å². The van der Waals surface area contributed by atoms with Crippen LogP contribution in [0.3, 0.4) is 0 Å². The van der Waals surface area contributed by atoms with Gasteiger partial charge >= 0.3 is 0 Å². The van der Waals surface area contributed by atoms with Crippen LogP contribution in [0.4, 0.5) is 0 Å². The largest absolute Gasteiger partial charge is 0.361 e. The minimum Gasteiger partial charge on any atom is -0.361 e. The van der Waals surface area contributed by atoms with Gasteiger partial charge in [-0.1, -0.05) is 30.0 Å². The number of rotatable bonds is 5. The van der Waals surface area contributed by atoms with E-state index in [-0.39, 0.29) is 5.56 Å². The fraction of sp³-hybridized carbons (Fsp3) is 0.263. The summed E-state index contributed by atoms with van der Waals surface area (Å²) in [5.74, 6) is 0.752. The summed E-state index contributed by atoms with van der Waals surface area (Å²) in [6, 6.07) is 3.40. The summed E-state index contributed by atoms with van der Waals surface area (Å²) >= 11 is 0. The van der Waals surface area contributed by atoms with E-state index in [1.54, 1.807) is 16.7 Å². The second-order valence-corrected chi connectivity index (χ2v) is 5.48. The van der Waals surface area contributed by atoms with Gasteiger partial charge in [0, 0.05) is 23.4 Å². The molecular weight excluding hydrogens is 288 g/mol. The highest BCUT2D eigenvalue weighted by atomic mass is 16.5. The normalized spacial score (nSPS) is 12.5. The third-order valence-corrected chi connectivity index (χ3v) is 3.87. The lowest BCUT2D eigenvalue weighted by Gasteiger charge is -2.12. The number of pyridine rings is 1. The molecule has 0 aliphatic rings. The van der Waals surface area contributed by atoms with E-state index in [0.29, 0.717) is 6.54 Å². The molecule has 0 aliphatic carbocycles. The number of allylic oxidation sites excluding steroid dienone is 5. The lowest BCUT2D eigenvalue weighted by Crippen LogP contribution is -2.20. The predicted octanol–water partition coefficient (Wildman–Crippen LogP) is 4.20. The van der Waals surface area contributed by atoms with Gasteiger partial charge in [-0.3, -0.25) is 4.79 Å². The zero-order valence-corrected chi connectivity index (χ0v) is 14.1. The molecule has 23 heavy (non-hydrogen) atoms. The van der Waals surface area contributed by atoms with E-state index >= 15 is 0 Å². The molecule has 4 heteroatoms. The van der Waals surface area contributed by atoms with Crippen molar-refractivity contribution >= 4 is 0 Å². The molecule has 0 unspecified atom stereocenters. The average molecular weight is 310 g/mol. The molecular formula is C19H22N2O2. The summed E-state index contributed by atoms with van der Waals surface area (Å²) in [4.78, 5) is 12.2. The van der Waals surface area contributed by atoms with Crippen molar-refractivity contribution in [3.63, 3.8) is 0 Å². The molecule has 0 bridgehead atoms. The number of hydrogen-bond acceptors (Lipinski definition) is 3. The summed E-state index contributed by atoms with van der Waals surface area (Å²) in [7, 11) is 0. The lowest BCUT2D eigenvalue weighted by atomic mass is 10.1. The number of aromatic nitrogens is 2. The molecule has 0 amide bonds. The molecule has 0 atom stereocenters. The van der Waals surface area contributed by atoms with Gasteiger partial charge < -0.3 is 9.09 Å². The van der Waals surface area contributed by atoms with E-state index in [4.69, 9.17) is 4.52 Å². The fourth-order valence-corrected chi connectivity index (χ4v) is 2.61. The zero-order chi connectivity index (χ0) is 17.0. The van der Waals surface area contributed by atoms with Crippen LogP contribution in [0.1, 0.15) is 25.3 Å². The van der Waals surface area contributed by atoms with Gasteiger partial charge in [0.05, 0.1) is 12.2 Å². The predicted molar refractivity (Wildman–Crippen MR) is 93.4 cm³/mol. The highest BCUT2D eigenvalue weighted by Crippen LogP contribution is 2.26. The fourth-order valence-electron chi connectivity index (χ4n) is 2.61. The maximum absolute atomic E-state index is 12.2. The van der Waals surface area contributed by atoms with E-state index in [1.807, 2.05) is 52.1 Å². The molecule has 2 rings (SSSR count). The van der Waals surface area contributed by atoms with Gasteiger partial charge in [-0.25, -0.2) is 0 Å². The first kappa shape index (κ1) is 16.7. The molecule has 0 N–H and O–H groups in total. The van der Waals surface area contributed by atoms with Crippen LogP contribution < -0.4 is 5.56 Å². The number of aryl methyl sites for hydroxylation is 2. The van der Waals surface area contributed by atoms with Crippen LogP contribution >= 0.6 is 0 Å². The van der Waals surface area contributed by atoms with Crippen molar-refractivity contribution in [3.05, 3.63) is 76.1 Å². The van der Waals surface area contributed by atoms with Gasteiger partial charge in [-0.15, -0.1) is 0 Å². The molecule has 2 aromatic heterocycles. The van der Waals surface area contributed by atoms with Crippen LogP contribution in [0.5, 0.6) is 0 Å². The molecule has 0 fully saturated rings. The average Bonchev–Trinajstić information content (AvgIpc) is 2.86. The van der Waals surface area contributed by atoms with Gasteiger partial charge in [-0.05, 0) is 44.9 Å². The summed E-state index contributed by atoms with van der Waals surface area (Å²) < 4.78 is 6.93. The summed E-state index contributed by atoms with van der Waals surface area (Å²) in [5.41, 5.74) is 4.84. The standard InChI is InChI=1S/C19H22N2O2/c1-6-8-13(3)16(7-2)11-21-12-17(9-10-18(21)22)19-14(4)20-23-15(19)5/h6-10,12H,1,11H2,2-5H3/b13-8-,16-7-. The first-order valence-electron chi connectivity index (χ1n) is 7.56. The smallest absolute Gasteiger partial charge is 0.250 e. The third-order valence-electron chi connectivity index (χ3n) is 3.87. The van der Waals surface area contributed by atoms with Crippen molar-refractivity contribution in [2.24, 2.45) is 0 Å². The van der Waals surface area contributed by atoms with Crippen molar-refractivity contribution in [3.8, 4) is 11.1 Å². The molecule has 0 aliphatic heterocycles. The van der Waals surface area contributed by atoms with Crippen LogP contribution in [-0.2, 0) is 6.54 Å². The minimum atomic E-state index is -0.0359.